The Morgan fingerprint density at radius 2 is 1.95 bits per heavy atom. The van der Waals surface area contributed by atoms with E-state index in [0.29, 0.717) is 18.5 Å². The van der Waals surface area contributed by atoms with Crippen molar-refractivity contribution in [3.8, 4) is 0 Å². The molecule has 0 fully saturated rings. The molecule has 0 atom stereocenters. The van der Waals surface area contributed by atoms with E-state index in [1.54, 1.807) is 27.0 Å². The van der Waals surface area contributed by atoms with Gasteiger partial charge in [0.05, 0.1) is 0 Å². The SMILES string of the molecule is CCC(C)(C)NS(=O)(=O)c1ccc(CNC)cc1F. The standard InChI is InChI=1S/C13H21FN2O2S/c1-5-13(2,3)16-19(17,18)12-7-6-10(9-15-4)8-11(12)14/h6-8,15-16H,5,9H2,1-4H3. The number of hydrogen-bond donors (Lipinski definition) is 2. The van der Waals surface area contributed by atoms with E-state index < -0.39 is 21.4 Å². The summed E-state index contributed by atoms with van der Waals surface area (Å²) in [4.78, 5) is -0.311. The molecule has 0 amide bonds. The van der Waals surface area contributed by atoms with Crippen molar-refractivity contribution in [2.75, 3.05) is 7.05 Å². The van der Waals surface area contributed by atoms with Crippen LogP contribution in [-0.4, -0.2) is 21.0 Å². The van der Waals surface area contributed by atoms with Gasteiger partial charge in [0.15, 0.2) is 0 Å². The number of hydrogen-bond acceptors (Lipinski definition) is 3. The Labute approximate surface area is 114 Å². The second kappa shape index (κ2) is 5.98. The first-order chi connectivity index (χ1) is 8.72. The summed E-state index contributed by atoms with van der Waals surface area (Å²) in [6.07, 6.45) is 0.617. The molecule has 0 aliphatic carbocycles. The smallest absolute Gasteiger partial charge is 0.243 e. The zero-order valence-electron chi connectivity index (χ0n) is 11.7. The lowest BCUT2D eigenvalue weighted by Gasteiger charge is -2.24. The topological polar surface area (TPSA) is 58.2 Å². The monoisotopic (exact) mass is 288 g/mol. The minimum atomic E-state index is -3.84. The van der Waals surface area contributed by atoms with E-state index in [4.69, 9.17) is 0 Å². The van der Waals surface area contributed by atoms with Gasteiger partial charge in [0.25, 0.3) is 0 Å². The van der Waals surface area contributed by atoms with Crippen molar-refractivity contribution in [3.63, 3.8) is 0 Å². The summed E-state index contributed by atoms with van der Waals surface area (Å²) >= 11 is 0. The van der Waals surface area contributed by atoms with Gasteiger partial charge in [-0.1, -0.05) is 13.0 Å². The van der Waals surface area contributed by atoms with Crippen LogP contribution in [0.5, 0.6) is 0 Å². The molecule has 0 saturated heterocycles. The maximum Gasteiger partial charge on any atom is 0.243 e. The largest absolute Gasteiger partial charge is 0.316 e. The molecule has 1 rings (SSSR count). The molecule has 19 heavy (non-hydrogen) atoms. The zero-order valence-corrected chi connectivity index (χ0v) is 12.6. The van der Waals surface area contributed by atoms with E-state index in [1.165, 1.54) is 12.1 Å². The fraction of sp³-hybridized carbons (Fsp3) is 0.538. The van der Waals surface area contributed by atoms with E-state index in [9.17, 15) is 12.8 Å². The average molecular weight is 288 g/mol. The van der Waals surface area contributed by atoms with Crippen molar-refractivity contribution in [3.05, 3.63) is 29.6 Å². The van der Waals surface area contributed by atoms with Gasteiger partial charge < -0.3 is 5.32 Å². The third-order valence-electron chi connectivity index (χ3n) is 2.96. The molecule has 108 valence electrons. The number of benzene rings is 1. The summed E-state index contributed by atoms with van der Waals surface area (Å²) < 4.78 is 40.7. The molecule has 0 saturated carbocycles. The second-order valence-electron chi connectivity index (χ2n) is 5.14. The Hall–Kier alpha value is -0.980. The van der Waals surface area contributed by atoms with E-state index >= 15 is 0 Å². The van der Waals surface area contributed by atoms with Gasteiger partial charge in [-0.05, 0) is 45.0 Å². The number of rotatable bonds is 6. The molecule has 1 aromatic carbocycles. The van der Waals surface area contributed by atoms with Gasteiger partial charge in [0.2, 0.25) is 10.0 Å². The summed E-state index contributed by atoms with van der Waals surface area (Å²) in [5.74, 6) is -0.729. The number of sulfonamides is 1. The van der Waals surface area contributed by atoms with Crippen LogP contribution >= 0.6 is 0 Å². The van der Waals surface area contributed by atoms with Gasteiger partial charge in [-0.3, -0.25) is 0 Å². The second-order valence-corrected chi connectivity index (χ2v) is 6.79. The van der Waals surface area contributed by atoms with Crippen molar-refractivity contribution in [2.45, 2.75) is 44.2 Å². The first kappa shape index (κ1) is 16.1. The van der Waals surface area contributed by atoms with Gasteiger partial charge in [-0.2, -0.15) is 0 Å². The number of halogens is 1. The molecule has 0 unspecified atom stereocenters. The molecule has 0 aliphatic rings. The average Bonchev–Trinajstić information content (AvgIpc) is 2.27. The first-order valence-corrected chi connectivity index (χ1v) is 7.67. The first-order valence-electron chi connectivity index (χ1n) is 6.19. The van der Waals surface area contributed by atoms with Crippen molar-refractivity contribution in [2.24, 2.45) is 0 Å². The van der Waals surface area contributed by atoms with Crippen molar-refractivity contribution in [1.29, 1.82) is 0 Å². The predicted octanol–water partition coefficient (Wildman–Crippen LogP) is 2.01. The molecule has 0 aromatic heterocycles. The van der Waals surface area contributed by atoms with Crippen LogP contribution in [0.2, 0.25) is 0 Å². The summed E-state index contributed by atoms with van der Waals surface area (Å²) in [7, 11) is -2.09. The summed E-state index contributed by atoms with van der Waals surface area (Å²) in [5, 5.41) is 2.89. The van der Waals surface area contributed by atoms with E-state index in [-0.39, 0.29) is 4.90 Å². The molecule has 2 N–H and O–H groups in total. The summed E-state index contributed by atoms with van der Waals surface area (Å²) in [6.45, 7) is 5.88. The maximum absolute atomic E-state index is 13.9. The minimum absolute atomic E-state index is 0.311. The quantitative estimate of drug-likeness (QED) is 0.842. The van der Waals surface area contributed by atoms with Gasteiger partial charge in [-0.15, -0.1) is 0 Å². The molecular formula is C13H21FN2O2S. The highest BCUT2D eigenvalue weighted by Crippen LogP contribution is 2.19. The number of nitrogens with one attached hydrogen (secondary N) is 2. The van der Waals surface area contributed by atoms with Gasteiger partial charge in [0.1, 0.15) is 10.7 Å². The Kier molecular flexibility index (Phi) is 5.06. The van der Waals surface area contributed by atoms with Crippen LogP contribution in [-0.2, 0) is 16.6 Å². The molecule has 4 nitrogen and oxygen atoms in total. The highest BCUT2D eigenvalue weighted by Gasteiger charge is 2.26. The zero-order chi connectivity index (χ0) is 14.7. The minimum Gasteiger partial charge on any atom is -0.316 e. The van der Waals surface area contributed by atoms with Crippen LogP contribution in [0, 0.1) is 5.82 Å². The molecule has 1 aromatic rings. The Morgan fingerprint density at radius 1 is 1.32 bits per heavy atom. The fourth-order valence-corrected chi connectivity index (χ4v) is 3.11. The molecule has 0 aliphatic heterocycles. The molecule has 0 spiro atoms. The van der Waals surface area contributed by atoms with Crippen molar-refractivity contribution >= 4 is 10.0 Å². The molecule has 0 heterocycles. The van der Waals surface area contributed by atoms with Gasteiger partial charge >= 0.3 is 0 Å². The van der Waals surface area contributed by atoms with Gasteiger partial charge in [0, 0.05) is 12.1 Å². The molecule has 0 radical (unpaired) electrons. The maximum atomic E-state index is 13.9. The van der Waals surface area contributed by atoms with Crippen LogP contribution in [0.1, 0.15) is 32.8 Å². The third-order valence-corrected chi connectivity index (χ3v) is 4.69. The lowest BCUT2D eigenvalue weighted by molar-refractivity contribution is 0.437. The van der Waals surface area contributed by atoms with E-state index in [2.05, 4.69) is 10.0 Å². The van der Waals surface area contributed by atoms with E-state index in [1.807, 2.05) is 6.92 Å². The Bertz CT molecular complexity index is 542. The lowest BCUT2D eigenvalue weighted by Crippen LogP contribution is -2.42. The highest BCUT2D eigenvalue weighted by atomic mass is 32.2. The Balaban J connectivity index is 3.09. The highest BCUT2D eigenvalue weighted by molar-refractivity contribution is 7.89. The van der Waals surface area contributed by atoms with Crippen molar-refractivity contribution in [1.82, 2.24) is 10.0 Å². The summed E-state index contributed by atoms with van der Waals surface area (Å²) in [5.41, 5.74) is 0.100. The fourth-order valence-electron chi connectivity index (χ4n) is 1.57. The predicted molar refractivity (Wildman–Crippen MR) is 73.9 cm³/mol. The van der Waals surface area contributed by atoms with Crippen LogP contribution in [0.15, 0.2) is 23.1 Å². The lowest BCUT2D eigenvalue weighted by atomic mass is 10.0. The normalized spacial score (nSPS) is 12.7. The van der Waals surface area contributed by atoms with Gasteiger partial charge in [-0.25, -0.2) is 17.5 Å². The molecule has 0 bridgehead atoms. The Morgan fingerprint density at radius 3 is 2.42 bits per heavy atom. The van der Waals surface area contributed by atoms with Crippen LogP contribution in [0.3, 0.4) is 0 Å². The summed E-state index contributed by atoms with van der Waals surface area (Å²) in [6, 6.07) is 4.15. The molecule has 6 heteroatoms. The van der Waals surface area contributed by atoms with Crippen LogP contribution < -0.4 is 10.0 Å². The third kappa shape index (κ3) is 4.26. The van der Waals surface area contributed by atoms with E-state index in [0.717, 1.165) is 0 Å². The van der Waals surface area contributed by atoms with Crippen LogP contribution in [0.4, 0.5) is 4.39 Å². The van der Waals surface area contributed by atoms with Crippen molar-refractivity contribution < 1.29 is 12.8 Å². The molecular weight excluding hydrogens is 267 g/mol. The van der Waals surface area contributed by atoms with Crippen LogP contribution in [0.25, 0.3) is 0 Å².